The molecule has 2 unspecified atom stereocenters. The average molecular weight is 394 g/mol. The van der Waals surface area contributed by atoms with Crippen molar-refractivity contribution in [3.05, 3.63) is 57.6 Å². The summed E-state index contributed by atoms with van der Waals surface area (Å²) in [7, 11) is 1.92. The highest BCUT2D eigenvalue weighted by atomic mass is 14.9. The molecule has 158 valence electrons. The molecule has 1 aliphatic heterocycles. The zero-order valence-electron chi connectivity index (χ0n) is 19.4. The molecular weight excluding hydrogens is 354 g/mol. The Morgan fingerprint density at radius 2 is 2.03 bits per heavy atom. The predicted octanol–water partition coefficient (Wildman–Crippen LogP) is 6.18. The minimum absolute atomic E-state index is 0.161. The zero-order valence-corrected chi connectivity index (χ0v) is 19.4. The van der Waals surface area contributed by atoms with Crippen LogP contribution in [0.4, 0.5) is 0 Å². The van der Waals surface area contributed by atoms with E-state index in [1.807, 2.05) is 13.2 Å². The highest BCUT2D eigenvalue weighted by molar-refractivity contribution is 6.14. The normalized spacial score (nSPS) is 32.9. The fourth-order valence-electron chi connectivity index (χ4n) is 5.25. The summed E-state index contributed by atoms with van der Waals surface area (Å²) in [6, 6.07) is 0. The number of nitrogens with zero attached hydrogens (tertiary/aromatic N) is 1. The van der Waals surface area contributed by atoms with Crippen molar-refractivity contribution in [1.29, 1.82) is 0 Å². The second kappa shape index (κ2) is 8.38. The van der Waals surface area contributed by atoms with Gasteiger partial charge in [0.15, 0.2) is 0 Å². The zero-order chi connectivity index (χ0) is 21.3. The van der Waals surface area contributed by atoms with Gasteiger partial charge >= 0.3 is 0 Å². The van der Waals surface area contributed by atoms with Crippen molar-refractivity contribution in [3.8, 4) is 0 Å². The Kier molecular flexibility index (Phi) is 6.26. The Morgan fingerprint density at radius 3 is 2.66 bits per heavy atom. The van der Waals surface area contributed by atoms with Crippen LogP contribution in [-0.2, 0) is 0 Å². The van der Waals surface area contributed by atoms with E-state index in [0.29, 0.717) is 5.92 Å². The third-order valence-corrected chi connectivity index (χ3v) is 7.19. The van der Waals surface area contributed by atoms with E-state index < -0.39 is 0 Å². The average Bonchev–Trinajstić information content (AvgIpc) is 2.67. The van der Waals surface area contributed by atoms with Gasteiger partial charge in [0.25, 0.3) is 0 Å². The van der Waals surface area contributed by atoms with Crippen molar-refractivity contribution in [1.82, 2.24) is 5.32 Å². The quantitative estimate of drug-likeness (QED) is 0.588. The van der Waals surface area contributed by atoms with Crippen LogP contribution in [0.1, 0.15) is 73.6 Å². The largest absolute Gasteiger partial charge is 0.404 e. The number of aliphatic imine (C=N–C) groups is 1. The highest BCUT2D eigenvalue weighted by Crippen LogP contribution is 2.45. The van der Waals surface area contributed by atoms with Crippen LogP contribution in [0.15, 0.2) is 62.6 Å². The molecule has 0 saturated carbocycles. The number of nitrogens with two attached hydrogens (primary N) is 1. The van der Waals surface area contributed by atoms with Gasteiger partial charge in [-0.1, -0.05) is 45.4 Å². The number of rotatable bonds is 2. The summed E-state index contributed by atoms with van der Waals surface area (Å²) in [5, 5.41) is 3.83. The molecule has 0 aromatic carbocycles. The maximum atomic E-state index is 6.36. The first kappa shape index (κ1) is 21.7. The molecule has 3 rings (SSSR count). The molecule has 0 amide bonds. The SMILES string of the molecule is CC/C1=C(\C)NC2=C(CC(C)(C)CC2)C(=NC)/C(=C/N)C1C1=C(C)C(C)CC=C1. The maximum Gasteiger partial charge on any atom is 0.0676 e. The first-order chi connectivity index (χ1) is 13.7. The molecule has 0 saturated heterocycles. The minimum Gasteiger partial charge on any atom is -0.404 e. The fourth-order valence-corrected chi connectivity index (χ4v) is 5.25. The lowest BCUT2D eigenvalue weighted by Crippen LogP contribution is -2.34. The Labute approximate surface area is 177 Å². The molecule has 1 heterocycles. The van der Waals surface area contributed by atoms with Crippen LogP contribution in [-0.4, -0.2) is 12.8 Å². The van der Waals surface area contributed by atoms with Gasteiger partial charge in [0.05, 0.1) is 5.71 Å². The molecule has 3 N–H and O–H groups in total. The first-order valence-corrected chi connectivity index (χ1v) is 11.2. The van der Waals surface area contributed by atoms with Gasteiger partial charge in [-0.15, -0.1) is 0 Å². The van der Waals surface area contributed by atoms with E-state index in [1.165, 1.54) is 45.7 Å². The van der Waals surface area contributed by atoms with Crippen LogP contribution in [0.2, 0.25) is 0 Å². The Hall–Kier alpha value is -2.03. The van der Waals surface area contributed by atoms with Gasteiger partial charge in [0.1, 0.15) is 0 Å². The summed E-state index contributed by atoms with van der Waals surface area (Å²) < 4.78 is 0. The van der Waals surface area contributed by atoms with Crippen LogP contribution >= 0.6 is 0 Å². The van der Waals surface area contributed by atoms with E-state index in [4.69, 9.17) is 10.7 Å². The third-order valence-electron chi connectivity index (χ3n) is 7.19. The monoisotopic (exact) mass is 393 g/mol. The molecule has 0 radical (unpaired) electrons. The third kappa shape index (κ3) is 4.01. The molecule has 0 aromatic heterocycles. The van der Waals surface area contributed by atoms with Crippen molar-refractivity contribution in [2.75, 3.05) is 7.05 Å². The minimum atomic E-state index is 0.161. The summed E-state index contributed by atoms with van der Waals surface area (Å²) in [5.74, 6) is 0.727. The summed E-state index contributed by atoms with van der Waals surface area (Å²) in [6.07, 6.45) is 11.9. The van der Waals surface area contributed by atoms with Gasteiger partial charge in [-0.05, 0) is 74.0 Å². The number of nitrogens with one attached hydrogen (secondary N) is 1. The lowest BCUT2D eigenvalue weighted by molar-refractivity contribution is 0.314. The summed E-state index contributed by atoms with van der Waals surface area (Å²) in [5.41, 5.74) is 17.2. The Morgan fingerprint density at radius 1 is 1.31 bits per heavy atom. The molecule has 2 atom stereocenters. The van der Waals surface area contributed by atoms with Gasteiger partial charge in [0, 0.05) is 36.1 Å². The molecule has 0 fully saturated rings. The highest BCUT2D eigenvalue weighted by Gasteiger charge is 2.36. The van der Waals surface area contributed by atoms with Crippen LogP contribution in [0, 0.1) is 17.3 Å². The summed E-state index contributed by atoms with van der Waals surface area (Å²) in [6.45, 7) is 13.9. The molecule has 2 aliphatic carbocycles. The van der Waals surface area contributed by atoms with E-state index in [9.17, 15) is 0 Å². The molecule has 3 nitrogen and oxygen atoms in total. The van der Waals surface area contributed by atoms with Crippen molar-refractivity contribution < 1.29 is 0 Å². The van der Waals surface area contributed by atoms with Crippen LogP contribution < -0.4 is 11.1 Å². The molecule has 3 aliphatic rings. The lowest BCUT2D eigenvalue weighted by atomic mass is 9.69. The topological polar surface area (TPSA) is 50.4 Å². The number of allylic oxidation sites excluding steroid dienone is 9. The first-order valence-electron chi connectivity index (χ1n) is 11.2. The standard InChI is InChI=1S/C26H39N3/c1-8-19-18(4)29-23-12-13-26(5,6)14-21(23)25(28-7)22(15-27)24(19)20-11-9-10-16(2)17(20)3/h9,11,15-16,24,29H,8,10,12-14,27H2,1-7H3/b19-18-,22-15+,28-25?. The Bertz CT molecular complexity index is 858. The van der Waals surface area contributed by atoms with Crippen molar-refractivity contribution in [3.63, 3.8) is 0 Å². The van der Waals surface area contributed by atoms with E-state index in [-0.39, 0.29) is 11.3 Å². The fraction of sp³-hybridized carbons (Fsp3) is 0.577. The smallest absolute Gasteiger partial charge is 0.0676 e. The van der Waals surface area contributed by atoms with Gasteiger partial charge in [-0.25, -0.2) is 0 Å². The second-order valence-corrected chi connectivity index (χ2v) is 9.73. The van der Waals surface area contributed by atoms with E-state index in [1.54, 1.807) is 0 Å². The summed E-state index contributed by atoms with van der Waals surface area (Å²) in [4.78, 5) is 4.84. The van der Waals surface area contributed by atoms with Gasteiger partial charge in [0.2, 0.25) is 0 Å². The molecule has 0 aromatic rings. The van der Waals surface area contributed by atoms with Crippen molar-refractivity contribution >= 4 is 5.71 Å². The van der Waals surface area contributed by atoms with E-state index >= 15 is 0 Å². The molecule has 0 spiro atoms. The van der Waals surface area contributed by atoms with Gasteiger partial charge < -0.3 is 11.1 Å². The lowest BCUT2D eigenvalue weighted by Gasteiger charge is -2.39. The van der Waals surface area contributed by atoms with Gasteiger partial charge in [-0.3, -0.25) is 4.99 Å². The predicted molar refractivity (Wildman–Crippen MR) is 126 cm³/mol. The molecule has 29 heavy (non-hydrogen) atoms. The molecular formula is C26H39N3. The second-order valence-electron chi connectivity index (χ2n) is 9.73. The molecule has 3 heteroatoms. The maximum absolute atomic E-state index is 6.36. The van der Waals surface area contributed by atoms with Crippen LogP contribution in [0.3, 0.4) is 0 Å². The van der Waals surface area contributed by atoms with E-state index in [2.05, 4.69) is 59.0 Å². The van der Waals surface area contributed by atoms with Crippen LogP contribution in [0.25, 0.3) is 0 Å². The number of hydrogen-bond acceptors (Lipinski definition) is 3. The van der Waals surface area contributed by atoms with Crippen molar-refractivity contribution in [2.45, 2.75) is 73.6 Å². The molecule has 0 bridgehead atoms. The number of hydrogen-bond donors (Lipinski definition) is 2. The summed E-state index contributed by atoms with van der Waals surface area (Å²) >= 11 is 0. The van der Waals surface area contributed by atoms with E-state index in [0.717, 1.165) is 31.4 Å². The van der Waals surface area contributed by atoms with Gasteiger partial charge in [-0.2, -0.15) is 0 Å². The van der Waals surface area contributed by atoms with Crippen molar-refractivity contribution in [2.24, 2.45) is 28.0 Å². The van der Waals surface area contributed by atoms with Crippen LogP contribution in [0.5, 0.6) is 0 Å². The Balaban J connectivity index is 2.26.